The van der Waals surface area contributed by atoms with Crippen LogP contribution in [0, 0.1) is 0 Å². The number of nitrogens with zero attached hydrogens (tertiary/aromatic N) is 7. The number of nitrogen functional groups attached to an aromatic ring is 2. The second kappa shape index (κ2) is 15.0. The first kappa shape index (κ1) is 37.7. The Morgan fingerprint density at radius 2 is 1.92 bits per heavy atom. The van der Waals surface area contributed by atoms with Crippen molar-refractivity contribution >= 4 is 75.3 Å². The number of hydrogen-bond donors (Lipinski definition) is 9. The number of aromatic nitrogens is 5. The van der Waals surface area contributed by atoms with Gasteiger partial charge in [-0.05, 0) is 18.8 Å². The second-order valence-electron chi connectivity index (χ2n) is 11.7. The molecule has 2 atom stereocenters. The van der Waals surface area contributed by atoms with E-state index in [9.17, 15) is 49.3 Å². The predicted molar refractivity (Wildman–Crippen MR) is 183 cm³/mol. The van der Waals surface area contributed by atoms with Gasteiger partial charge in [-0.2, -0.15) is 14.1 Å². The van der Waals surface area contributed by atoms with Gasteiger partial charge in [0, 0.05) is 42.0 Å². The van der Waals surface area contributed by atoms with Crippen molar-refractivity contribution in [1.82, 2.24) is 34.6 Å². The minimum absolute atomic E-state index is 0.00160. The Kier molecular flexibility index (Phi) is 10.7. The molecule has 0 radical (unpaired) electrons. The van der Waals surface area contributed by atoms with Gasteiger partial charge >= 0.3 is 11.9 Å². The lowest BCUT2D eigenvalue weighted by Gasteiger charge is -2.49. The molecular formula is C28H31N12O11S2+. The number of aliphatic carboxylic acids is 2. The molecule has 1 saturated heterocycles. The highest BCUT2D eigenvalue weighted by Gasteiger charge is 2.54. The molecule has 0 aliphatic carbocycles. The van der Waals surface area contributed by atoms with Crippen LogP contribution in [-0.2, 0) is 30.6 Å². The molecule has 0 spiro atoms. The maximum absolute atomic E-state index is 13.3. The SMILES string of the molecule is CC(C)(O/N=C(\C(=O)N[C@@H]1C(=O)N2C(C(=O)O)=C(C[n+]3cnc(N)c(NCCNC(=O)c4cc(=O)c(O)cn4O)c3)CSC12)c1nsc(N)n1)C(=O)O. The van der Waals surface area contributed by atoms with E-state index in [2.05, 4.69) is 35.4 Å². The van der Waals surface area contributed by atoms with Gasteiger partial charge in [0.1, 0.15) is 41.2 Å². The van der Waals surface area contributed by atoms with Crippen LogP contribution < -0.4 is 37.4 Å². The molecule has 3 aromatic heterocycles. The van der Waals surface area contributed by atoms with Gasteiger partial charge < -0.3 is 52.8 Å². The number of aromatic hydroxyl groups is 1. The van der Waals surface area contributed by atoms with Gasteiger partial charge in [0.2, 0.25) is 22.6 Å². The summed E-state index contributed by atoms with van der Waals surface area (Å²) in [6.45, 7) is 2.46. The van der Waals surface area contributed by atoms with Gasteiger partial charge in [-0.3, -0.25) is 24.1 Å². The Balaban J connectivity index is 1.25. The number of nitrogens with two attached hydrogens (primary N) is 2. The standard InChI is InChI=1S/C28H30N12O11S2/c1-28(2,26(48)49)51-36-16(20-35-27(30)53-37-20)22(44)34-17-23(45)40-18(25(46)47)11(9-52-24(17)40)6-38-7-12(19(29)33-10-38)31-3-4-32-21(43)13-5-14(41)15(42)8-39(13)50/h5,7-8,10,17,24,29,31,50H,3-4,6,9H2,1-2H3,(H7,30,32,34,35,37,42,43,44,46,47,48,49)/p+1/b36-16-/t17-,24?/m1/s1. The fourth-order valence-corrected chi connectivity index (χ4v) is 6.56. The van der Waals surface area contributed by atoms with Crippen molar-refractivity contribution in [3.8, 4) is 5.75 Å². The summed E-state index contributed by atoms with van der Waals surface area (Å²) in [7, 11) is 0. The molecule has 0 saturated carbocycles. The number of nitrogens with one attached hydrogen (secondary N) is 3. The fraction of sp³-hybridized carbons (Fsp3) is 0.321. The quantitative estimate of drug-likeness (QED) is 0.0202. The van der Waals surface area contributed by atoms with Crippen LogP contribution in [0.15, 0.2) is 46.0 Å². The van der Waals surface area contributed by atoms with Crippen molar-refractivity contribution in [2.24, 2.45) is 5.16 Å². The van der Waals surface area contributed by atoms with E-state index in [1.165, 1.54) is 42.7 Å². The van der Waals surface area contributed by atoms with Gasteiger partial charge in [0.15, 0.2) is 10.9 Å². The lowest BCUT2D eigenvalue weighted by molar-refractivity contribution is -0.691. The van der Waals surface area contributed by atoms with E-state index in [0.29, 0.717) is 22.2 Å². The van der Waals surface area contributed by atoms with Crippen molar-refractivity contribution in [2.75, 3.05) is 35.6 Å². The van der Waals surface area contributed by atoms with Gasteiger partial charge in [-0.15, -0.1) is 11.8 Å². The number of carboxylic acids is 2. The summed E-state index contributed by atoms with van der Waals surface area (Å²) in [5, 5.41) is 49.4. The van der Waals surface area contributed by atoms with E-state index in [0.717, 1.165) is 22.5 Å². The number of amides is 3. The average Bonchev–Trinajstić information content (AvgIpc) is 3.53. The third-order valence-electron chi connectivity index (χ3n) is 7.54. The van der Waals surface area contributed by atoms with E-state index in [1.54, 1.807) is 0 Å². The molecule has 1 unspecified atom stereocenters. The molecule has 3 amide bonds. The monoisotopic (exact) mass is 775 g/mol. The van der Waals surface area contributed by atoms with Gasteiger partial charge in [0.25, 0.3) is 29.9 Å². The second-order valence-corrected chi connectivity index (χ2v) is 13.6. The van der Waals surface area contributed by atoms with Gasteiger partial charge in [-0.25, -0.2) is 14.2 Å². The van der Waals surface area contributed by atoms with E-state index in [4.69, 9.17) is 16.3 Å². The number of thioether (sulfide) groups is 1. The Morgan fingerprint density at radius 3 is 2.58 bits per heavy atom. The molecule has 53 heavy (non-hydrogen) atoms. The number of carboxylic acid groups (broad SMARTS) is 2. The lowest BCUT2D eigenvalue weighted by atomic mass is 10.0. The van der Waals surface area contributed by atoms with Gasteiger partial charge in [0.05, 0.1) is 6.20 Å². The first-order valence-corrected chi connectivity index (χ1v) is 16.9. The van der Waals surface area contributed by atoms with Crippen LogP contribution in [0.2, 0.25) is 0 Å². The largest absolute Gasteiger partial charge is 0.503 e. The van der Waals surface area contributed by atoms with Crippen LogP contribution in [-0.4, -0.2) is 116 Å². The first-order valence-electron chi connectivity index (χ1n) is 15.1. The Bertz CT molecular complexity index is 2130. The Hall–Kier alpha value is -6.50. The van der Waals surface area contributed by atoms with Crippen LogP contribution in [0.3, 0.4) is 0 Å². The van der Waals surface area contributed by atoms with Crippen LogP contribution in [0.4, 0.5) is 16.6 Å². The summed E-state index contributed by atoms with van der Waals surface area (Å²) >= 11 is 1.92. The van der Waals surface area contributed by atoms with E-state index in [1.807, 2.05) is 0 Å². The minimum atomic E-state index is -1.84. The third kappa shape index (κ3) is 8.04. The van der Waals surface area contributed by atoms with Crippen molar-refractivity contribution in [3.63, 3.8) is 0 Å². The molecule has 23 nitrogen and oxygen atoms in total. The number of β-lactam (4-membered cyclic amide) rings is 1. The molecule has 1 fully saturated rings. The Labute approximate surface area is 305 Å². The lowest BCUT2D eigenvalue weighted by Crippen LogP contribution is -2.71. The molecule has 5 heterocycles. The van der Waals surface area contributed by atoms with Crippen LogP contribution in [0.25, 0.3) is 0 Å². The number of rotatable bonds is 14. The summed E-state index contributed by atoms with van der Waals surface area (Å²) < 4.78 is 5.75. The maximum atomic E-state index is 13.3. The normalized spacial score (nSPS) is 17.1. The highest BCUT2D eigenvalue weighted by atomic mass is 32.2. The molecule has 2 aliphatic heterocycles. The van der Waals surface area contributed by atoms with Crippen molar-refractivity contribution < 1.29 is 53.9 Å². The number of carbonyl (C=O) groups is 5. The van der Waals surface area contributed by atoms with Gasteiger partial charge in [-0.1, -0.05) is 5.16 Å². The smallest absolute Gasteiger partial charge is 0.352 e. The van der Waals surface area contributed by atoms with Crippen molar-refractivity contribution in [2.45, 2.75) is 37.4 Å². The zero-order valence-electron chi connectivity index (χ0n) is 27.5. The zero-order chi connectivity index (χ0) is 38.8. The number of fused-ring (bicyclic) bond motifs is 1. The summed E-state index contributed by atoms with van der Waals surface area (Å²) in [5.74, 6) is -6.11. The van der Waals surface area contributed by atoms with E-state index >= 15 is 0 Å². The highest BCUT2D eigenvalue weighted by Crippen LogP contribution is 2.40. The number of carbonyl (C=O) groups excluding carboxylic acids is 3. The van der Waals surface area contributed by atoms with E-state index < -0.39 is 69.3 Å². The first-order chi connectivity index (χ1) is 25.0. The molecule has 3 aromatic rings. The zero-order valence-corrected chi connectivity index (χ0v) is 29.2. The molecular weight excluding hydrogens is 745 g/mol. The Morgan fingerprint density at radius 1 is 1.19 bits per heavy atom. The average molecular weight is 776 g/mol. The molecule has 25 heteroatoms. The fourth-order valence-electron chi connectivity index (χ4n) is 4.79. The number of oxime groups is 1. The molecule has 5 rings (SSSR count). The minimum Gasteiger partial charge on any atom is -0.503 e. The summed E-state index contributed by atoms with van der Waals surface area (Å²) in [4.78, 5) is 88.7. The van der Waals surface area contributed by atoms with Crippen LogP contribution >= 0.6 is 23.3 Å². The number of pyridine rings is 1. The molecule has 2 aliphatic rings. The summed E-state index contributed by atoms with van der Waals surface area (Å²) in [6, 6.07) is -0.430. The van der Waals surface area contributed by atoms with E-state index in [-0.39, 0.29) is 47.9 Å². The highest BCUT2D eigenvalue weighted by molar-refractivity contribution is 8.00. The summed E-state index contributed by atoms with van der Waals surface area (Å²) in [5.41, 5.74) is 8.34. The van der Waals surface area contributed by atoms with Crippen molar-refractivity contribution in [1.29, 1.82) is 0 Å². The topological polar surface area (TPSA) is 344 Å². The number of anilines is 3. The summed E-state index contributed by atoms with van der Waals surface area (Å²) in [6.07, 6.45) is 3.57. The van der Waals surface area contributed by atoms with Crippen molar-refractivity contribution in [3.05, 3.63) is 57.8 Å². The molecule has 0 bridgehead atoms. The molecule has 11 N–H and O–H groups in total. The maximum Gasteiger partial charge on any atom is 0.352 e. The van der Waals surface area contributed by atoms with Crippen LogP contribution in [0.5, 0.6) is 5.75 Å². The molecule has 0 aromatic carbocycles. The molecule has 280 valence electrons. The third-order valence-corrected chi connectivity index (χ3v) is 9.43. The number of hydrogen-bond acceptors (Lipinski definition) is 18. The van der Waals surface area contributed by atoms with Crippen LogP contribution in [0.1, 0.15) is 30.2 Å². The predicted octanol–water partition coefficient (Wildman–Crippen LogP) is -2.65.